The van der Waals surface area contributed by atoms with Crippen LogP contribution in [-0.2, 0) is 13.1 Å². The Morgan fingerprint density at radius 1 is 0.651 bits per heavy atom. The minimum Gasteiger partial charge on any atom is -0.497 e. The number of nitrogens with zero attached hydrogens (tertiary/aromatic N) is 2. The molecule has 0 fully saturated rings. The third-order valence-corrected chi connectivity index (χ3v) is 9.67. The second-order valence-corrected chi connectivity index (χ2v) is 12.3. The lowest BCUT2D eigenvalue weighted by molar-refractivity contribution is 0.414. The maximum Gasteiger partial charge on any atom is 0.119 e. The number of anilines is 2. The van der Waals surface area contributed by atoms with E-state index in [0.29, 0.717) is 0 Å². The molecule has 4 nitrogen and oxygen atoms in total. The van der Waals surface area contributed by atoms with Crippen LogP contribution in [-0.4, -0.2) is 19.6 Å². The molecular formula is C37H34N2O2S2. The number of benzene rings is 4. The van der Waals surface area contributed by atoms with Crippen molar-refractivity contribution >= 4 is 34.9 Å². The van der Waals surface area contributed by atoms with Gasteiger partial charge in [0.05, 0.1) is 36.0 Å². The van der Waals surface area contributed by atoms with Gasteiger partial charge in [0.25, 0.3) is 0 Å². The number of thioether (sulfide) groups is 2. The lowest BCUT2D eigenvalue weighted by atomic mass is 10.2. The van der Waals surface area contributed by atoms with Gasteiger partial charge in [0.1, 0.15) is 11.5 Å². The Bertz CT molecular complexity index is 1690. The van der Waals surface area contributed by atoms with Gasteiger partial charge < -0.3 is 19.3 Å². The maximum atomic E-state index is 5.45. The van der Waals surface area contributed by atoms with Crippen molar-refractivity contribution in [2.75, 3.05) is 24.0 Å². The van der Waals surface area contributed by atoms with Crippen LogP contribution >= 0.6 is 23.5 Å². The first-order chi connectivity index (χ1) is 21.2. The zero-order valence-corrected chi connectivity index (χ0v) is 25.9. The molecule has 216 valence electrons. The summed E-state index contributed by atoms with van der Waals surface area (Å²) < 4.78 is 10.9. The minimum absolute atomic E-state index is 0.220. The average molecular weight is 603 g/mol. The van der Waals surface area contributed by atoms with Crippen LogP contribution in [0.4, 0.5) is 11.4 Å². The van der Waals surface area contributed by atoms with Crippen molar-refractivity contribution in [2.24, 2.45) is 0 Å². The first-order valence-corrected chi connectivity index (χ1v) is 16.0. The van der Waals surface area contributed by atoms with Crippen molar-refractivity contribution in [3.63, 3.8) is 0 Å². The fourth-order valence-corrected chi connectivity index (χ4v) is 7.48. The van der Waals surface area contributed by atoms with Crippen molar-refractivity contribution in [3.8, 4) is 11.5 Å². The van der Waals surface area contributed by atoms with E-state index in [1.165, 1.54) is 37.3 Å². The van der Waals surface area contributed by atoms with Gasteiger partial charge in [-0.25, -0.2) is 0 Å². The predicted octanol–water partition coefficient (Wildman–Crippen LogP) is 9.46. The molecular weight excluding hydrogens is 569 g/mol. The molecule has 0 amide bonds. The Balaban J connectivity index is 1.12. The largest absolute Gasteiger partial charge is 0.497 e. The van der Waals surface area contributed by atoms with E-state index in [1.807, 2.05) is 30.0 Å². The van der Waals surface area contributed by atoms with E-state index in [9.17, 15) is 0 Å². The highest BCUT2D eigenvalue weighted by atomic mass is 32.2. The molecule has 0 radical (unpaired) electrons. The highest BCUT2D eigenvalue weighted by Gasteiger charge is 2.28. The number of fused-ring (bicyclic) bond motifs is 2. The quantitative estimate of drug-likeness (QED) is 0.168. The molecule has 0 aromatic heterocycles. The molecule has 6 rings (SSSR count). The van der Waals surface area contributed by atoms with Gasteiger partial charge in [0, 0.05) is 22.9 Å². The Morgan fingerprint density at radius 3 is 2.02 bits per heavy atom. The van der Waals surface area contributed by atoms with Gasteiger partial charge in [-0.05, 0) is 65.7 Å². The smallest absolute Gasteiger partial charge is 0.119 e. The van der Waals surface area contributed by atoms with Crippen molar-refractivity contribution < 1.29 is 9.47 Å². The Kier molecular flexibility index (Phi) is 9.26. The molecule has 43 heavy (non-hydrogen) atoms. The van der Waals surface area contributed by atoms with Crippen LogP contribution in [0, 0.1) is 0 Å². The monoisotopic (exact) mass is 602 g/mol. The SMILES string of the molecule is COc1cccc(CN2\C(=C/C=C/C=C/C=C/C3Sc4ccccc4N3Cc3cccc(OC)c3)Sc3ccccc32)c1. The average Bonchev–Trinajstić information content (AvgIpc) is 3.58. The van der Waals surface area contributed by atoms with E-state index in [1.54, 1.807) is 26.0 Å². The summed E-state index contributed by atoms with van der Waals surface area (Å²) in [5.41, 5.74) is 4.95. The standard InChI is InChI=1S/C37H34N2O2S2/c1-40-30-16-12-14-28(24-30)26-38-32-18-8-10-20-34(32)42-36(38)22-6-4-3-5-7-23-37-39(33-19-9-11-21-35(33)43-37)27-29-15-13-17-31(25-29)41-2/h3-25,36H,26-27H2,1-2H3/b4-3+,7-5+,22-6+,37-23+. The van der Waals surface area contributed by atoms with Crippen LogP contribution in [0.5, 0.6) is 11.5 Å². The highest BCUT2D eigenvalue weighted by molar-refractivity contribution is 8.03. The summed E-state index contributed by atoms with van der Waals surface area (Å²) in [6.45, 7) is 1.60. The van der Waals surface area contributed by atoms with Gasteiger partial charge >= 0.3 is 0 Å². The molecule has 0 aliphatic carbocycles. The number of allylic oxidation sites excluding steroid dienone is 6. The first-order valence-electron chi connectivity index (χ1n) is 14.3. The second-order valence-electron chi connectivity index (χ2n) is 10.1. The molecule has 4 aromatic carbocycles. The van der Waals surface area contributed by atoms with E-state index >= 15 is 0 Å². The van der Waals surface area contributed by atoms with Gasteiger partial charge in [-0.2, -0.15) is 0 Å². The zero-order valence-electron chi connectivity index (χ0n) is 24.3. The highest BCUT2D eigenvalue weighted by Crippen LogP contribution is 2.47. The molecule has 0 saturated heterocycles. The first kappa shape index (κ1) is 28.8. The van der Waals surface area contributed by atoms with Crippen molar-refractivity contribution in [1.82, 2.24) is 0 Å². The summed E-state index contributed by atoms with van der Waals surface area (Å²) >= 11 is 3.69. The van der Waals surface area contributed by atoms with Crippen LogP contribution in [0.25, 0.3) is 0 Å². The lowest BCUT2D eigenvalue weighted by Gasteiger charge is -2.24. The van der Waals surface area contributed by atoms with Gasteiger partial charge in [0.15, 0.2) is 0 Å². The fourth-order valence-electron chi connectivity index (χ4n) is 5.19. The number of hydrogen-bond acceptors (Lipinski definition) is 6. The molecule has 4 aromatic rings. The van der Waals surface area contributed by atoms with Gasteiger partial charge in [-0.1, -0.05) is 109 Å². The number of ether oxygens (including phenoxy) is 2. The van der Waals surface area contributed by atoms with Crippen molar-refractivity contribution in [1.29, 1.82) is 0 Å². The van der Waals surface area contributed by atoms with Crippen LogP contribution in [0.3, 0.4) is 0 Å². The number of para-hydroxylation sites is 2. The van der Waals surface area contributed by atoms with E-state index in [-0.39, 0.29) is 5.37 Å². The minimum atomic E-state index is 0.220. The van der Waals surface area contributed by atoms with Crippen LogP contribution in [0.15, 0.2) is 154 Å². The number of rotatable bonds is 10. The summed E-state index contributed by atoms with van der Waals surface area (Å²) in [5, 5.41) is 1.43. The van der Waals surface area contributed by atoms with E-state index in [4.69, 9.17) is 9.47 Å². The summed E-state index contributed by atoms with van der Waals surface area (Å²) in [6.07, 6.45) is 15.0. The lowest BCUT2D eigenvalue weighted by Crippen LogP contribution is -2.27. The van der Waals surface area contributed by atoms with E-state index in [2.05, 4.69) is 131 Å². The third kappa shape index (κ3) is 6.87. The second kappa shape index (κ2) is 13.8. The van der Waals surface area contributed by atoms with Gasteiger partial charge in [-0.3, -0.25) is 0 Å². The molecule has 0 spiro atoms. The summed E-state index contributed by atoms with van der Waals surface area (Å²) in [7, 11) is 3.43. The Labute approximate surface area is 263 Å². The predicted molar refractivity (Wildman–Crippen MR) is 182 cm³/mol. The number of hydrogen-bond donors (Lipinski definition) is 0. The molecule has 1 unspecified atom stereocenters. The fraction of sp³-hybridized carbons (Fsp3) is 0.135. The Hall–Kier alpha value is -4.26. The van der Waals surface area contributed by atoms with Gasteiger partial charge in [-0.15, -0.1) is 0 Å². The van der Waals surface area contributed by atoms with E-state index in [0.717, 1.165) is 24.6 Å². The summed E-state index contributed by atoms with van der Waals surface area (Å²) in [5.74, 6) is 1.77. The van der Waals surface area contributed by atoms with Crippen molar-refractivity contribution in [2.45, 2.75) is 28.3 Å². The third-order valence-electron chi connectivity index (χ3n) is 7.29. The van der Waals surface area contributed by atoms with E-state index < -0.39 is 0 Å². The zero-order chi connectivity index (χ0) is 29.4. The van der Waals surface area contributed by atoms with Gasteiger partial charge in [0.2, 0.25) is 0 Å². The maximum absolute atomic E-state index is 5.45. The molecule has 6 heteroatoms. The van der Waals surface area contributed by atoms with Crippen LogP contribution < -0.4 is 19.3 Å². The van der Waals surface area contributed by atoms with Crippen LogP contribution in [0.2, 0.25) is 0 Å². The molecule has 0 saturated carbocycles. The molecule has 0 N–H and O–H groups in total. The topological polar surface area (TPSA) is 24.9 Å². The molecule has 1 atom stereocenters. The number of methoxy groups -OCH3 is 2. The summed E-state index contributed by atoms with van der Waals surface area (Å²) in [6, 6.07) is 33.8. The molecule has 2 aliphatic rings. The molecule has 2 aliphatic heterocycles. The Morgan fingerprint density at radius 2 is 1.28 bits per heavy atom. The summed E-state index contributed by atoms with van der Waals surface area (Å²) in [4.78, 5) is 7.40. The van der Waals surface area contributed by atoms with Crippen LogP contribution in [0.1, 0.15) is 11.1 Å². The van der Waals surface area contributed by atoms with Crippen molar-refractivity contribution in [3.05, 3.63) is 156 Å². The normalized spacial score (nSPS) is 17.0. The molecule has 2 heterocycles. The molecule has 0 bridgehead atoms.